The maximum absolute atomic E-state index is 4.20. The SMILES string of the molecule is CC(C)n1cncc1CNc1cc(Br)ccc1Br. The molecule has 1 N–H and O–H groups in total. The minimum absolute atomic E-state index is 0.426. The molecule has 1 aromatic heterocycles. The van der Waals surface area contributed by atoms with E-state index < -0.39 is 0 Å². The third kappa shape index (κ3) is 3.14. The van der Waals surface area contributed by atoms with Gasteiger partial charge in [0.25, 0.3) is 0 Å². The molecule has 2 aromatic rings. The van der Waals surface area contributed by atoms with E-state index in [0.717, 1.165) is 21.2 Å². The first kappa shape index (κ1) is 13.6. The summed E-state index contributed by atoms with van der Waals surface area (Å²) in [6.45, 7) is 5.06. The van der Waals surface area contributed by atoms with E-state index in [4.69, 9.17) is 0 Å². The summed E-state index contributed by atoms with van der Waals surface area (Å²) >= 11 is 7.01. The number of halogens is 2. The van der Waals surface area contributed by atoms with E-state index in [1.807, 2.05) is 24.7 Å². The zero-order valence-corrected chi connectivity index (χ0v) is 13.5. The molecule has 0 atom stereocenters. The van der Waals surface area contributed by atoms with Gasteiger partial charge < -0.3 is 9.88 Å². The molecular weight excluding hydrogens is 358 g/mol. The van der Waals surface area contributed by atoms with Gasteiger partial charge in [-0.2, -0.15) is 0 Å². The van der Waals surface area contributed by atoms with Gasteiger partial charge in [0.05, 0.1) is 18.6 Å². The Morgan fingerprint density at radius 3 is 2.83 bits per heavy atom. The molecule has 0 unspecified atom stereocenters. The fraction of sp³-hybridized carbons (Fsp3) is 0.308. The summed E-state index contributed by atoms with van der Waals surface area (Å²) in [5.41, 5.74) is 2.25. The number of nitrogens with zero attached hydrogens (tertiary/aromatic N) is 2. The molecule has 96 valence electrons. The molecule has 0 saturated carbocycles. The molecule has 0 aliphatic carbocycles. The van der Waals surface area contributed by atoms with Gasteiger partial charge in [0, 0.05) is 26.9 Å². The number of benzene rings is 1. The van der Waals surface area contributed by atoms with Crippen molar-refractivity contribution in [1.82, 2.24) is 9.55 Å². The second-order valence-electron chi connectivity index (χ2n) is 4.36. The van der Waals surface area contributed by atoms with Gasteiger partial charge in [-0.3, -0.25) is 0 Å². The average molecular weight is 373 g/mol. The van der Waals surface area contributed by atoms with E-state index >= 15 is 0 Å². The largest absolute Gasteiger partial charge is 0.378 e. The van der Waals surface area contributed by atoms with Gasteiger partial charge in [-0.05, 0) is 48.0 Å². The van der Waals surface area contributed by atoms with Crippen LogP contribution in [-0.2, 0) is 6.54 Å². The Hall–Kier alpha value is -0.810. The normalized spacial score (nSPS) is 10.9. The minimum atomic E-state index is 0.426. The Balaban J connectivity index is 2.11. The van der Waals surface area contributed by atoms with Gasteiger partial charge in [-0.1, -0.05) is 15.9 Å². The van der Waals surface area contributed by atoms with E-state index in [-0.39, 0.29) is 0 Å². The van der Waals surface area contributed by atoms with Gasteiger partial charge in [-0.15, -0.1) is 0 Å². The fourth-order valence-corrected chi connectivity index (χ4v) is 2.50. The van der Waals surface area contributed by atoms with Crippen molar-refractivity contribution in [1.29, 1.82) is 0 Å². The summed E-state index contributed by atoms with van der Waals surface area (Å²) in [7, 11) is 0. The lowest BCUT2D eigenvalue weighted by Crippen LogP contribution is -2.09. The maximum Gasteiger partial charge on any atom is 0.0951 e. The highest BCUT2D eigenvalue weighted by Crippen LogP contribution is 2.26. The Labute approximate surface area is 124 Å². The number of anilines is 1. The van der Waals surface area contributed by atoms with Crippen LogP contribution in [0.25, 0.3) is 0 Å². The van der Waals surface area contributed by atoms with Crippen molar-refractivity contribution >= 4 is 37.5 Å². The van der Waals surface area contributed by atoms with Crippen LogP contribution in [0.15, 0.2) is 39.7 Å². The van der Waals surface area contributed by atoms with Crippen LogP contribution in [0, 0.1) is 0 Å². The second-order valence-corrected chi connectivity index (χ2v) is 6.13. The van der Waals surface area contributed by atoms with E-state index in [1.54, 1.807) is 0 Å². The highest BCUT2D eigenvalue weighted by molar-refractivity contribution is 9.11. The first-order chi connectivity index (χ1) is 8.58. The summed E-state index contributed by atoms with van der Waals surface area (Å²) in [4.78, 5) is 4.20. The highest BCUT2D eigenvalue weighted by atomic mass is 79.9. The Bertz CT molecular complexity index is 535. The summed E-state index contributed by atoms with van der Waals surface area (Å²) in [5.74, 6) is 0. The molecule has 18 heavy (non-hydrogen) atoms. The van der Waals surface area contributed by atoms with Gasteiger partial charge >= 0.3 is 0 Å². The predicted molar refractivity (Wildman–Crippen MR) is 81.8 cm³/mol. The standard InChI is InChI=1S/C13H15Br2N3/c1-9(2)18-8-16-6-11(18)7-17-13-5-10(14)3-4-12(13)15/h3-6,8-9,17H,7H2,1-2H3. The van der Waals surface area contributed by atoms with Crippen molar-refractivity contribution in [2.45, 2.75) is 26.4 Å². The quantitative estimate of drug-likeness (QED) is 0.849. The summed E-state index contributed by atoms with van der Waals surface area (Å²) < 4.78 is 4.28. The second kappa shape index (κ2) is 5.89. The average Bonchev–Trinajstić information content (AvgIpc) is 2.79. The Kier molecular flexibility index (Phi) is 4.45. The van der Waals surface area contributed by atoms with Gasteiger partial charge in [-0.25, -0.2) is 4.98 Å². The van der Waals surface area contributed by atoms with Crippen molar-refractivity contribution in [3.8, 4) is 0 Å². The van der Waals surface area contributed by atoms with Crippen LogP contribution in [0.2, 0.25) is 0 Å². The molecule has 0 aliphatic heterocycles. The van der Waals surface area contributed by atoms with Crippen LogP contribution in [0.5, 0.6) is 0 Å². The summed E-state index contributed by atoms with van der Waals surface area (Å²) in [6, 6.07) is 6.51. The van der Waals surface area contributed by atoms with E-state index in [9.17, 15) is 0 Å². The monoisotopic (exact) mass is 371 g/mol. The van der Waals surface area contributed by atoms with Crippen molar-refractivity contribution in [2.75, 3.05) is 5.32 Å². The number of imidazole rings is 1. The molecule has 3 nitrogen and oxygen atoms in total. The molecule has 5 heteroatoms. The first-order valence-corrected chi connectivity index (χ1v) is 7.36. The number of aromatic nitrogens is 2. The van der Waals surface area contributed by atoms with Gasteiger partial charge in [0.15, 0.2) is 0 Å². The molecule has 0 aliphatic rings. The Morgan fingerprint density at radius 2 is 2.11 bits per heavy atom. The van der Waals surface area contributed by atoms with Crippen LogP contribution in [-0.4, -0.2) is 9.55 Å². The Morgan fingerprint density at radius 1 is 1.33 bits per heavy atom. The molecule has 2 rings (SSSR count). The van der Waals surface area contributed by atoms with Crippen molar-refractivity contribution in [2.24, 2.45) is 0 Å². The highest BCUT2D eigenvalue weighted by Gasteiger charge is 2.06. The van der Waals surface area contributed by atoms with Crippen molar-refractivity contribution in [3.05, 3.63) is 45.4 Å². The van der Waals surface area contributed by atoms with Crippen LogP contribution in [0.1, 0.15) is 25.6 Å². The number of hydrogen-bond donors (Lipinski definition) is 1. The van der Waals surface area contributed by atoms with Gasteiger partial charge in [0.2, 0.25) is 0 Å². The zero-order chi connectivity index (χ0) is 13.1. The van der Waals surface area contributed by atoms with E-state index in [2.05, 4.69) is 66.6 Å². The molecule has 0 amide bonds. The lowest BCUT2D eigenvalue weighted by atomic mass is 10.3. The third-order valence-electron chi connectivity index (χ3n) is 2.69. The molecule has 1 aromatic carbocycles. The molecule has 0 bridgehead atoms. The zero-order valence-electron chi connectivity index (χ0n) is 10.3. The molecule has 0 saturated heterocycles. The lowest BCUT2D eigenvalue weighted by Gasteiger charge is -2.13. The predicted octanol–water partition coefficient (Wildman–Crippen LogP) is 4.60. The summed E-state index contributed by atoms with van der Waals surface area (Å²) in [6.07, 6.45) is 3.77. The topological polar surface area (TPSA) is 29.9 Å². The number of rotatable bonds is 4. The molecule has 0 radical (unpaired) electrons. The third-order valence-corrected chi connectivity index (χ3v) is 3.88. The number of hydrogen-bond acceptors (Lipinski definition) is 2. The fourth-order valence-electron chi connectivity index (χ4n) is 1.75. The van der Waals surface area contributed by atoms with E-state index in [1.165, 1.54) is 5.69 Å². The maximum atomic E-state index is 4.20. The van der Waals surface area contributed by atoms with Crippen LogP contribution < -0.4 is 5.32 Å². The molecule has 0 fully saturated rings. The molecular formula is C13H15Br2N3. The van der Waals surface area contributed by atoms with Crippen LogP contribution >= 0.6 is 31.9 Å². The van der Waals surface area contributed by atoms with Crippen molar-refractivity contribution in [3.63, 3.8) is 0 Å². The number of nitrogens with one attached hydrogen (secondary N) is 1. The van der Waals surface area contributed by atoms with Crippen molar-refractivity contribution < 1.29 is 0 Å². The van der Waals surface area contributed by atoms with Crippen LogP contribution in [0.4, 0.5) is 5.69 Å². The first-order valence-electron chi connectivity index (χ1n) is 5.77. The molecule has 1 heterocycles. The molecule has 0 spiro atoms. The van der Waals surface area contributed by atoms with E-state index in [0.29, 0.717) is 6.04 Å². The van der Waals surface area contributed by atoms with Gasteiger partial charge in [0.1, 0.15) is 0 Å². The smallest absolute Gasteiger partial charge is 0.0951 e. The lowest BCUT2D eigenvalue weighted by molar-refractivity contribution is 0.577. The minimum Gasteiger partial charge on any atom is -0.378 e. The van der Waals surface area contributed by atoms with Crippen LogP contribution in [0.3, 0.4) is 0 Å². The summed E-state index contributed by atoms with van der Waals surface area (Å²) in [5, 5.41) is 3.41.